The van der Waals surface area contributed by atoms with Crippen LogP contribution in [0.4, 0.5) is 0 Å². The average molecular weight is 461 g/mol. The predicted molar refractivity (Wildman–Crippen MR) is 124 cm³/mol. The molecule has 188 valence electrons. The van der Waals surface area contributed by atoms with E-state index in [0.29, 0.717) is 39.5 Å². The number of hydrogen-bond donors (Lipinski definition) is 3. The molecule has 0 saturated heterocycles. The molecule has 0 aliphatic carbocycles. The molecule has 0 aromatic rings. The molecule has 32 heavy (non-hydrogen) atoms. The van der Waals surface area contributed by atoms with E-state index >= 15 is 0 Å². The number of carbonyl (C=O) groups is 4. The van der Waals surface area contributed by atoms with Gasteiger partial charge in [0, 0.05) is 25.9 Å². The molecule has 1 atom stereocenters. The number of nitrogens with one attached hydrogen (secondary N) is 2. The lowest BCUT2D eigenvalue weighted by Crippen LogP contribution is -2.50. The molecule has 0 rings (SSSR count). The van der Waals surface area contributed by atoms with Crippen LogP contribution in [0.15, 0.2) is 0 Å². The molecule has 10 nitrogen and oxygen atoms in total. The van der Waals surface area contributed by atoms with Crippen LogP contribution in [0.3, 0.4) is 0 Å². The quantitative estimate of drug-likeness (QED) is 0.268. The molecule has 10 heteroatoms. The van der Waals surface area contributed by atoms with Gasteiger partial charge >= 0.3 is 0 Å². The zero-order valence-corrected chi connectivity index (χ0v) is 20.7. The first-order chi connectivity index (χ1) is 15.1. The molecule has 0 aromatic heterocycles. The average Bonchev–Trinajstić information content (AvgIpc) is 2.69. The fourth-order valence-corrected chi connectivity index (χ4v) is 2.59. The van der Waals surface area contributed by atoms with Crippen LogP contribution < -0.4 is 16.4 Å². The number of primary amides is 1. The van der Waals surface area contributed by atoms with E-state index in [9.17, 15) is 19.2 Å². The number of ether oxygens (including phenoxy) is 2. The van der Waals surface area contributed by atoms with E-state index in [2.05, 4.69) is 24.5 Å². The van der Waals surface area contributed by atoms with Crippen molar-refractivity contribution < 1.29 is 28.7 Å². The maximum atomic E-state index is 12.3. The van der Waals surface area contributed by atoms with Crippen molar-refractivity contribution in [2.75, 3.05) is 53.1 Å². The number of hydrogen-bond acceptors (Lipinski definition) is 7. The van der Waals surface area contributed by atoms with Gasteiger partial charge in [-0.15, -0.1) is 0 Å². The third kappa shape index (κ3) is 19.9. The number of nitrogens with two attached hydrogens (primary N) is 1. The van der Waals surface area contributed by atoms with Gasteiger partial charge in [0.05, 0.1) is 39.0 Å². The van der Waals surface area contributed by atoms with Crippen LogP contribution in [0.1, 0.15) is 53.9 Å². The standard InChI is InChI=1S/C19H36N4O6.C3H8/c1-14(2)18(19(27)22-13-15(3)24)23(4)8-10-29-12-11-28-9-7-21-17(26)6-5-16(20)25;1-3-2/h14,18H,5-13H2,1-4H3,(H2,20,25)(H,21,26)(H,22,27);3H2,1-2H3. The van der Waals surface area contributed by atoms with Gasteiger partial charge in [0.1, 0.15) is 5.78 Å². The maximum Gasteiger partial charge on any atom is 0.237 e. The summed E-state index contributed by atoms with van der Waals surface area (Å²) in [4.78, 5) is 47.1. The first-order valence-electron chi connectivity index (χ1n) is 11.2. The smallest absolute Gasteiger partial charge is 0.237 e. The van der Waals surface area contributed by atoms with E-state index in [4.69, 9.17) is 15.2 Å². The summed E-state index contributed by atoms with van der Waals surface area (Å²) in [5.41, 5.74) is 4.97. The summed E-state index contributed by atoms with van der Waals surface area (Å²) in [7, 11) is 1.85. The van der Waals surface area contributed by atoms with Gasteiger partial charge in [-0.3, -0.25) is 24.1 Å². The van der Waals surface area contributed by atoms with Crippen molar-refractivity contribution in [2.45, 2.75) is 59.9 Å². The highest BCUT2D eigenvalue weighted by molar-refractivity contribution is 5.87. The number of rotatable bonds is 17. The van der Waals surface area contributed by atoms with Gasteiger partial charge < -0.3 is 25.8 Å². The van der Waals surface area contributed by atoms with Crippen molar-refractivity contribution in [1.82, 2.24) is 15.5 Å². The molecule has 0 aromatic carbocycles. The summed E-state index contributed by atoms with van der Waals surface area (Å²) < 4.78 is 10.9. The monoisotopic (exact) mass is 460 g/mol. The SMILES string of the molecule is CC(=O)CNC(=O)C(C(C)C)N(C)CCOCCOCCNC(=O)CCC(N)=O.CCC. The molecule has 0 heterocycles. The van der Waals surface area contributed by atoms with Crippen LogP contribution in [0.2, 0.25) is 0 Å². The summed E-state index contributed by atoms with van der Waals surface area (Å²) in [5.74, 6) is -0.904. The van der Waals surface area contributed by atoms with Crippen LogP contribution in [-0.4, -0.2) is 87.6 Å². The van der Waals surface area contributed by atoms with Crippen LogP contribution >= 0.6 is 0 Å². The predicted octanol–water partition coefficient (Wildman–Crippen LogP) is 0.479. The fourth-order valence-electron chi connectivity index (χ4n) is 2.59. The molecule has 0 aliphatic heterocycles. The molecule has 1 unspecified atom stereocenters. The largest absolute Gasteiger partial charge is 0.378 e. The van der Waals surface area contributed by atoms with Gasteiger partial charge in [0.15, 0.2) is 0 Å². The molecule has 0 spiro atoms. The first kappa shape index (κ1) is 32.1. The summed E-state index contributed by atoms with van der Waals surface area (Å²) in [6.45, 7) is 12.1. The Kier molecular flexibility index (Phi) is 20.9. The molecule has 0 bridgehead atoms. The van der Waals surface area contributed by atoms with Crippen molar-refractivity contribution >= 4 is 23.5 Å². The summed E-state index contributed by atoms with van der Waals surface area (Å²) in [6.07, 6.45) is 1.36. The van der Waals surface area contributed by atoms with Crippen molar-refractivity contribution in [1.29, 1.82) is 0 Å². The van der Waals surface area contributed by atoms with E-state index in [-0.39, 0.29) is 48.9 Å². The van der Waals surface area contributed by atoms with Crippen LogP contribution in [0.25, 0.3) is 0 Å². The number of likely N-dealkylation sites (N-methyl/N-ethyl adjacent to an activating group) is 1. The number of Topliss-reactive ketones (excluding diaryl/α,β-unsaturated/α-hetero) is 1. The van der Waals surface area contributed by atoms with Crippen molar-refractivity contribution in [3.63, 3.8) is 0 Å². The molecular weight excluding hydrogens is 416 g/mol. The Labute approximate surface area is 192 Å². The van der Waals surface area contributed by atoms with E-state index in [1.54, 1.807) is 0 Å². The zero-order chi connectivity index (χ0) is 24.9. The number of amides is 3. The van der Waals surface area contributed by atoms with E-state index < -0.39 is 5.91 Å². The second-order valence-electron chi connectivity index (χ2n) is 7.84. The lowest BCUT2D eigenvalue weighted by atomic mass is 10.0. The summed E-state index contributed by atoms with van der Waals surface area (Å²) in [5, 5.41) is 5.28. The molecule has 4 N–H and O–H groups in total. The molecule has 0 fully saturated rings. The Morgan fingerprint density at radius 1 is 0.938 bits per heavy atom. The number of ketones is 1. The Morgan fingerprint density at radius 3 is 2.00 bits per heavy atom. The first-order valence-corrected chi connectivity index (χ1v) is 11.2. The van der Waals surface area contributed by atoms with Crippen molar-refractivity contribution in [3.05, 3.63) is 0 Å². The Balaban J connectivity index is 0. The lowest BCUT2D eigenvalue weighted by Gasteiger charge is -2.29. The number of carbonyl (C=O) groups excluding carboxylic acids is 4. The van der Waals surface area contributed by atoms with E-state index in [1.165, 1.54) is 13.3 Å². The van der Waals surface area contributed by atoms with Crippen LogP contribution in [0, 0.1) is 5.92 Å². The third-order valence-corrected chi connectivity index (χ3v) is 4.01. The van der Waals surface area contributed by atoms with E-state index in [0.717, 1.165) is 0 Å². The highest BCUT2D eigenvalue weighted by atomic mass is 16.5. The Bertz CT molecular complexity index is 543. The van der Waals surface area contributed by atoms with Gasteiger partial charge in [0.25, 0.3) is 0 Å². The second kappa shape index (κ2) is 20.8. The minimum absolute atomic E-state index is 0.0328. The molecule has 0 radical (unpaired) electrons. The number of nitrogens with zero attached hydrogens (tertiary/aromatic N) is 1. The van der Waals surface area contributed by atoms with Crippen LogP contribution in [0.5, 0.6) is 0 Å². The minimum Gasteiger partial charge on any atom is -0.378 e. The van der Waals surface area contributed by atoms with Crippen molar-refractivity contribution in [3.8, 4) is 0 Å². The highest BCUT2D eigenvalue weighted by Crippen LogP contribution is 2.09. The molecule has 0 aliphatic rings. The van der Waals surface area contributed by atoms with Gasteiger partial charge in [-0.2, -0.15) is 0 Å². The topological polar surface area (TPSA) is 140 Å². The third-order valence-electron chi connectivity index (χ3n) is 4.01. The second-order valence-corrected chi connectivity index (χ2v) is 7.84. The zero-order valence-electron chi connectivity index (χ0n) is 20.7. The molecule has 3 amide bonds. The highest BCUT2D eigenvalue weighted by Gasteiger charge is 2.26. The lowest BCUT2D eigenvalue weighted by molar-refractivity contribution is -0.129. The van der Waals surface area contributed by atoms with Crippen LogP contribution in [-0.2, 0) is 28.7 Å². The fraction of sp³-hybridized carbons (Fsp3) is 0.818. The molecular formula is C22H44N4O6. The summed E-state index contributed by atoms with van der Waals surface area (Å²) >= 11 is 0. The van der Waals surface area contributed by atoms with Crippen molar-refractivity contribution in [2.24, 2.45) is 11.7 Å². The normalized spacial score (nSPS) is 11.5. The maximum absolute atomic E-state index is 12.3. The van der Waals surface area contributed by atoms with Gasteiger partial charge in [-0.1, -0.05) is 34.1 Å². The van der Waals surface area contributed by atoms with E-state index in [1.807, 2.05) is 25.8 Å². The minimum atomic E-state index is -0.504. The van der Waals surface area contributed by atoms with Gasteiger partial charge in [0.2, 0.25) is 17.7 Å². The van der Waals surface area contributed by atoms with Gasteiger partial charge in [-0.25, -0.2) is 0 Å². The van der Waals surface area contributed by atoms with Gasteiger partial charge in [-0.05, 0) is 19.9 Å². The molecule has 0 saturated carbocycles. The Hall–Kier alpha value is -2.04. The summed E-state index contributed by atoms with van der Waals surface area (Å²) in [6, 6.07) is -0.340. The Morgan fingerprint density at radius 2 is 1.50 bits per heavy atom.